The van der Waals surface area contributed by atoms with E-state index in [-0.39, 0.29) is 11.5 Å². The average Bonchev–Trinajstić information content (AvgIpc) is 3.37. The second kappa shape index (κ2) is 15.4. The molecule has 5 heteroatoms. The normalized spacial score (nSPS) is 32.1. The van der Waals surface area contributed by atoms with E-state index < -0.39 is 0 Å². The van der Waals surface area contributed by atoms with E-state index in [9.17, 15) is 5.11 Å². The van der Waals surface area contributed by atoms with Gasteiger partial charge in [0.2, 0.25) is 0 Å². The highest BCUT2D eigenvalue weighted by Gasteiger charge is 2.63. The maximum absolute atomic E-state index is 10.8. The Hall–Kier alpha value is -1.72. The first-order chi connectivity index (χ1) is 24.5. The van der Waals surface area contributed by atoms with E-state index >= 15 is 0 Å². The summed E-state index contributed by atoms with van der Waals surface area (Å²) in [5.41, 5.74) is 8.92. The predicted octanol–water partition coefficient (Wildman–Crippen LogP) is 13.4. The first-order valence-electron chi connectivity index (χ1n) is 20.6. The topological polar surface area (TPSA) is 26.7 Å². The van der Waals surface area contributed by atoms with Crippen LogP contribution in [0.15, 0.2) is 75.1 Å². The highest BCUT2D eigenvalue weighted by Crippen LogP contribution is 2.72. The fourth-order valence-corrected chi connectivity index (χ4v) is 13.3. The Morgan fingerprint density at radius 3 is 2.40 bits per heavy atom. The van der Waals surface area contributed by atoms with Gasteiger partial charge in [0, 0.05) is 21.4 Å². The van der Waals surface area contributed by atoms with Crippen molar-refractivity contribution in [3.05, 3.63) is 70.3 Å². The molecule has 1 heterocycles. The molecule has 0 aromatic heterocycles. The van der Waals surface area contributed by atoms with Crippen molar-refractivity contribution < 1.29 is 5.11 Å². The second-order valence-corrected chi connectivity index (χ2v) is 20.6. The summed E-state index contributed by atoms with van der Waals surface area (Å²) in [6.07, 6.45) is 16.3. The fraction of sp³-hybridized carbons (Fsp3) is 0.660. The third-order valence-electron chi connectivity index (χ3n) is 15.2. The Balaban J connectivity index is 0.000000192. The summed E-state index contributed by atoms with van der Waals surface area (Å²) in [7, 11) is 4.23. The molecule has 2 saturated carbocycles. The van der Waals surface area contributed by atoms with Crippen molar-refractivity contribution in [1.29, 1.82) is 0 Å². The van der Waals surface area contributed by atoms with Crippen molar-refractivity contribution in [2.75, 3.05) is 32.1 Å². The molecular formula is C47H69ClN2OS. The van der Waals surface area contributed by atoms with E-state index in [0.717, 1.165) is 42.8 Å². The summed E-state index contributed by atoms with van der Waals surface area (Å²) in [6.45, 7) is 21.7. The van der Waals surface area contributed by atoms with E-state index in [0.29, 0.717) is 22.2 Å². The Kier molecular flexibility index (Phi) is 11.9. The largest absolute Gasteiger partial charge is 0.393 e. The van der Waals surface area contributed by atoms with Crippen LogP contribution in [0.2, 0.25) is 5.02 Å². The van der Waals surface area contributed by atoms with Crippen LogP contribution in [0, 0.1) is 39.4 Å². The van der Waals surface area contributed by atoms with Crippen LogP contribution in [0.3, 0.4) is 0 Å². The smallest absolute Gasteiger partial charge is 0.0594 e. The van der Waals surface area contributed by atoms with Gasteiger partial charge in [-0.25, -0.2) is 0 Å². The SMILES string of the molecule is CC(C)=CCCC(C)C1CCC2(C)C3=C(CCC12C)C1(C)CCC(O)C(C)(C)C1CC3.CN(C)CCCN1c2ccccc2Sc2ccc(Cl)cc21. The molecule has 0 saturated heterocycles. The number of benzene rings is 2. The van der Waals surface area contributed by atoms with Crippen molar-refractivity contribution in [1.82, 2.24) is 4.90 Å². The maximum Gasteiger partial charge on any atom is 0.0594 e. The molecular weight excluding hydrogens is 676 g/mol. The molecule has 5 aliphatic rings. The van der Waals surface area contributed by atoms with Crippen molar-refractivity contribution in [2.24, 2.45) is 39.4 Å². The lowest BCUT2D eigenvalue weighted by Gasteiger charge is -2.62. The molecule has 1 aliphatic heterocycles. The van der Waals surface area contributed by atoms with Crippen LogP contribution in [-0.2, 0) is 0 Å². The Labute approximate surface area is 327 Å². The molecule has 7 unspecified atom stereocenters. The summed E-state index contributed by atoms with van der Waals surface area (Å²) in [4.78, 5) is 7.22. The summed E-state index contributed by atoms with van der Waals surface area (Å²) < 4.78 is 0. The van der Waals surface area contributed by atoms with E-state index in [1.54, 1.807) is 0 Å². The first kappa shape index (κ1) is 40.0. The zero-order valence-electron chi connectivity index (χ0n) is 34.2. The quantitative estimate of drug-likeness (QED) is 0.272. The molecule has 0 bridgehead atoms. The highest BCUT2D eigenvalue weighted by atomic mass is 35.5. The van der Waals surface area contributed by atoms with Gasteiger partial charge in [-0.15, -0.1) is 0 Å². The number of hydrogen-bond donors (Lipinski definition) is 1. The number of nitrogens with zero attached hydrogens (tertiary/aromatic N) is 2. The standard InChI is InChI=1S/C30H50O.C17H19ClN2S/c1-20(2)10-9-11-21(3)22-14-18-30(8)24-12-13-25-27(4,5)26(31)16-17-28(25,6)23(24)15-19-29(22,30)7;1-19(2)10-5-11-20-14-6-3-4-7-16(14)21-17-9-8-13(18)12-15(17)20/h10,21-22,25-26,31H,9,11-19H2,1-8H3;3-4,6-9,12H,5,10-11H2,1-2H3. The Bertz CT molecular complexity index is 1660. The molecule has 52 heavy (non-hydrogen) atoms. The Morgan fingerprint density at radius 2 is 1.67 bits per heavy atom. The lowest BCUT2D eigenvalue weighted by molar-refractivity contribution is -0.0962. The number of hydrogen-bond acceptors (Lipinski definition) is 4. The van der Waals surface area contributed by atoms with Crippen LogP contribution in [0.25, 0.3) is 0 Å². The van der Waals surface area contributed by atoms with Gasteiger partial charge in [-0.1, -0.05) is 99.8 Å². The van der Waals surface area contributed by atoms with E-state index in [1.807, 2.05) is 29.0 Å². The van der Waals surface area contributed by atoms with Crippen LogP contribution in [0.1, 0.15) is 126 Å². The molecule has 2 aromatic carbocycles. The van der Waals surface area contributed by atoms with Crippen molar-refractivity contribution in [3.8, 4) is 0 Å². The number of aliphatic hydroxyl groups is 1. The van der Waals surface area contributed by atoms with E-state index in [4.69, 9.17) is 11.6 Å². The van der Waals surface area contributed by atoms with Crippen LogP contribution in [0.5, 0.6) is 0 Å². The third kappa shape index (κ3) is 7.22. The first-order valence-corrected chi connectivity index (χ1v) is 21.8. The number of allylic oxidation sites excluding steroid dienone is 4. The summed E-state index contributed by atoms with van der Waals surface area (Å²) in [6, 6.07) is 14.8. The average molecular weight is 746 g/mol. The van der Waals surface area contributed by atoms with Gasteiger partial charge >= 0.3 is 0 Å². The minimum Gasteiger partial charge on any atom is -0.393 e. The number of fused-ring (bicyclic) bond motifs is 6. The van der Waals surface area contributed by atoms with E-state index in [2.05, 4.69) is 122 Å². The van der Waals surface area contributed by atoms with Crippen LogP contribution in [0.4, 0.5) is 11.4 Å². The van der Waals surface area contributed by atoms with Gasteiger partial charge in [0.05, 0.1) is 17.5 Å². The lowest BCUT2D eigenvalue weighted by atomic mass is 9.43. The highest BCUT2D eigenvalue weighted by molar-refractivity contribution is 7.99. The molecule has 0 radical (unpaired) electrons. The van der Waals surface area contributed by atoms with Gasteiger partial charge in [-0.2, -0.15) is 0 Å². The second-order valence-electron chi connectivity index (χ2n) is 19.1. The van der Waals surface area contributed by atoms with Gasteiger partial charge in [-0.3, -0.25) is 0 Å². The summed E-state index contributed by atoms with van der Waals surface area (Å²) in [5.74, 6) is 2.32. The molecule has 2 aromatic rings. The van der Waals surface area contributed by atoms with Gasteiger partial charge in [0.25, 0.3) is 0 Å². The molecule has 1 N–H and O–H groups in total. The number of aliphatic hydroxyl groups excluding tert-OH is 1. The molecule has 2 fully saturated rings. The van der Waals surface area contributed by atoms with Gasteiger partial charge in [0.1, 0.15) is 0 Å². The third-order valence-corrected chi connectivity index (χ3v) is 16.6. The molecule has 0 spiro atoms. The summed E-state index contributed by atoms with van der Waals surface area (Å²) in [5, 5.41) is 11.6. The molecule has 7 atom stereocenters. The maximum atomic E-state index is 10.8. The molecule has 7 rings (SSSR count). The minimum absolute atomic E-state index is 0.0465. The fourth-order valence-electron chi connectivity index (χ4n) is 12.1. The van der Waals surface area contributed by atoms with E-state index in [1.165, 1.54) is 84.5 Å². The molecule has 0 amide bonds. The monoisotopic (exact) mass is 744 g/mol. The van der Waals surface area contributed by atoms with Crippen LogP contribution < -0.4 is 4.90 Å². The van der Waals surface area contributed by atoms with Crippen LogP contribution >= 0.6 is 23.4 Å². The molecule has 286 valence electrons. The minimum atomic E-state index is -0.130. The van der Waals surface area contributed by atoms with Gasteiger partial charge in [-0.05, 0) is 175 Å². The molecule has 4 aliphatic carbocycles. The van der Waals surface area contributed by atoms with Gasteiger partial charge in [0.15, 0.2) is 0 Å². The number of halogens is 1. The van der Waals surface area contributed by atoms with Crippen molar-refractivity contribution in [3.63, 3.8) is 0 Å². The van der Waals surface area contributed by atoms with Crippen LogP contribution in [-0.4, -0.2) is 43.3 Å². The molecule has 3 nitrogen and oxygen atoms in total. The number of anilines is 2. The Morgan fingerprint density at radius 1 is 0.942 bits per heavy atom. The predicted molar refractivity (Wildman–Crippen MR) is 225 cm³/mol. The zero-order chi connectivity index (χ0) is 37.6. The van der Waals surface area contributed by atoms with Gasteiger partial charge < -0.3 is 14.9 Å². The van der Waals surface area contributed by atoms with Crippen molar-refractivity contribution in [2.45, 2.75) is 142 Å². The summed E-state index contributed by atoms with van der Waals surface area (Å²) >= 11 is 8.03. The number of rotatable bonds is 8. The zero-order valence-corrected chi connectivity index (χ0v) is 35.8. The van der Waals surface area contributed by atoms with Crippen molar-refractivity contribution >= 4 is 34.7 Å². The number of para-hydroxylation sites is 1. The lowest BCUT2D eigenvalue weighted by Crippen LogP contribution is -2.55.